The van der Waals surface area contributed by atoms with Gasteiger partial charge in [0.25, 0.3) is 5.91 Å². The molecule has 0 spiro atoms. The Morgan fingerprint density at radius 2 is 1.64 bits per heavy atom. The van der Waals surface area contributed by atoms with E-state index in [4.69, 9.17) is 0 Å². The summed E-state index contributed by atoms with van der Waals surface area (Å²) in [4.78, 5) is 14.7. The van der Waals surface area contributed by atoms with E-state index in [1.165, 1.54) is 0 Å². The van der Waals surface area contributed by atoms with E-state index in [9.17, 15) is 4.79 Å². The highest BCUT2D eigenvalue weighted by Gasteiger charge is 2.42. The second kappa shape index (κ2) is 4.84. The molecule has 1 aliphatic rings. The van der Waals surface area contributed by atoms with Crippen LogP contribution in [-0.4, -0.2) is 16.1 Å². The number of nitrogens with one attached hydrogen (secondary N) is 1. The Bertz CT molecular complexity index is 824. The zero-order valence-electron chi connectivity index (χ0n) is 12.2. The first-order valence-electron chi connectivity index (χ1n) is 7.26. The summed E-state index contributed by atoms with van der Waals surface area (Å²) in [6, 6.07) is 19.7. The van der Waals surface area contributed by atoms with Crippen LogP contribution in [0.3, 0.4) is 0 Å². The molecule has 1 atom stereocenters. The maximum atomic E-state index is 12.8. The highest BCUT2D eigenvalue weighted by Crippen LogP contribution is 2.41. The van der Waals surface area contributed by atoms with E-state index in [0.29, 0.717) is 5.69 Å². The smallest absolute Gasteiger partial charge is 0.279 e. The van der Waals surface area contributed by atoms with Gasteiger partial charge < -0.3 is 0 Å². The number of carbonyl (C=O) groups is 1. The molecule has 0 bridgehead atoms. The summed E-state index contributed by atoms with van der Waals surface area (Å²) < 4.78 is 0. The zero-order chi connectivity index (χ0) is 15.1. The quantitative estimate of drug-likeness (QED) is 0.785. The fraction of sp³-hybridized carbons (Fsp3) is 0.111. The van der Waals surface area contributed by atoms with Crippen LogP contribution in [0.4, 0.5) is 5.69 Å². The molecule has 108 valence electrons. The Kier molecular flexibility index (Phi) is 2.82. The number of aromatic nitrogens is 2. The molecule has 1 unspecified atom stereocenters. The SMILES string of the molecule is Cc1[nH]nc2c1C(c1ccccc1)N(c1ccccc1)C2=O. The molecule has 0 aliphatic carbocycles. The number of para-hydroxylation sites is 1. The molecule has 4 heteroatoms. The average molecular weight is 289 g/mol. The van der Waals surface area contributed by atoms with Crippen molar-refractivity contribution in [1.29, 1.82) is 0 Å². The van der Waals surface area contributed by atoms with Crippen LogP contribution in [0.25, 0.3) is 0 Å². The minimum atomic E-state index is -0.134. The Labute approximate surface area is 128 Å². The first kappa shape index (κ1) is 12.8. The van der Waals surface area contributed by atoms with Gasteiger partial charge in [-0.15, -0.1) is 0 Å². The number of benzene rings is 2. The van der Waals surface area contributed by atoms with Gasteiger partial charge in [0.05, 0.1) is 6.04 Å². The predicted molar refractivity (Wildman–Crippen MR) is 84.9 cm³/mol. The molecule has 2 aromatic carbocycles. The van der Waals surface area contributed by atoms with Gasteiger partial charge in [-0.05, 0) is 24.6 Å². The van der Waals surface area contributed by atoms with E-state index in [2.05, 4.69) is 22.3 Å². The Morgan fingerprint density at radius 1 is 1.00 bits per heavy atom. The molecule has 1 N–H and O–H groups in total. The van der Waals surface area contributed by atoms with Crippen molar-refractivity contribution in [2.45, 2.75) is 13.0 Å². The van der Waals surface area contributed by atoms with Crippen LogP contribution in [0.1, 0.15) is 33.4 Å². The van der Waals surface area contributed by atoms with E-state index in [0.717, 1.165) is 22.5 Å². The van der Waals surface area contributed by atoms with Crippen molar-refractivity contribution in [3.63, 3.8) is 0 Å². The largest absolute Gasteiger partial charge is 0.295 e. The van der Waals surface area contributed by atoms with Crippen molar-refractivity contribution in [2.24, 2.45) is 0 Å². The summed E-state index contributed by atoms with van der Waals surface area (Å²) in [6.45, 7) is 1.96. The summed E-state index contributed by atoms with van der Waals surface area (Å²) in [5, 5.41) is 7.16. The summed E-state index contributed by atoms with van der Waals surface area (Å²) >= 11 is 0. The summed E-state index contributed by atoms with van der Waals surface area (Å²) in [5.41, 5.74) is 4.41. The van der Waals surface area contributed by atoms with Crippen molar-refractivity contribution in [2.75, 3.05) is 4.90 Å². The molecule has 0 saturated carbocycles. The van der Waals surface area contributed by atoms with Crippen molar-refractivity contribution < 1.29 is 4.79 Å². The molecule has 22 heavy (non-hydrogen) atoms. The normalized spacial score (nSPS) is 16.9. The van der Waals surface area contributed by atoms with Gasteiger partial charge in [-0.25, -0.2) is 0 Å². The lowest BCUT2D eigenvalue weighted by molar-refractivity contribution is 0.0989. The molecular formula is C18H15N3O. The number of hydrogen-bond donors (Lipinski definition) is 1. The molecule has 0 fully saturated rings. The fourth-order valence-corrected chi connectivity index (χ4v) is 3.10. The van der Waals surface area contributed by atoms with E-state index in [1.807, 2.05) is 60.4 Å². The van der Waals surface area contributed by atoms with Crippen LogP contribution in [0.15, 0.2) is 60.7 Å². The first-order valence-corrected chi connectivity index (χ1v) is 7.26. The van der Waals surface area contributed by atoms with Crippen molar-refractivity contribution in [3.05, 3.63) is 83.2 Å². The van der Waals surface area contributed by atoms with Gasteiger partial charge in [0.15, 0.2) is 5.69 Å². The third-order valence-electron chi connectivity index (χ3n) is 4.10. The van der Waals surface area contributed by atoms with E-state index in [-0.39, 0.29) is 11.9 Å². The molecule has 4 rings (SSSR count). The average Bonchev–Trinajstić information content (AvgIpc) is 3.08. The number of hydrogen-bond acceptors (Lipinski definition) is 2. The maximum absolute atomic E-state index is 12.8. The lowest BCUT2D eigenvalue weighted by Gasteiger charge is -2.26. The van der Waals surface area contributed by atoms with Crippen LogP contribution in [0.2, 0.25) is 0 Å². The second-order valence-electron chi connectivity index (χ2n) is 5.43. The number of nitrogens with zero attached hydrogens (tertiary/aromatic N) is 2. The third-order valence-corrected chi connectivity index (χ3v) is 4.10. The molecule has 1 amide bonds. The minimum absolute atomic E-state index is 0.0561. The summed E-state index contributed by atoms with van der Waals surface area (Å²) in [5.74, 6) is -0.0561. The third kappa shape index (κ3) is 1.77. The molecule has 3 aromatic rings. The molecule has 2 heterocycles. The number of amides is 1. The monoisotopic (exact) mass is 289 g/mol. The maximum Gasteiger partial charge on any atom is 0.279 e. The predicted octanol–water partition coefficient (Wildman–Crippen LogP) is 3.47. The molecule has 0 radical (unpaired) electrons. The lowest BCUT2D eigenvalue weighted by atomic mass is 9.99. The summed E-state index contributed by atoms with van der Waals surface area (Å²) in [6.07, 6.45) is 0. The van der Waals surface area contributed by atoms with Crippen LogP contribution < -0.4 is 4.90 Å². The molecular weight excluding hydrogens is 274 g/mol. The van der Waals surface area contributed by atoms with Crippen molar-refractivity contribution in [3.8, 4) is 0 Å². The van der Waals surface area contributed by atoms with Gasteiger partial charge in [-0.3, -0.25) is 14.8 Å². The number of rotatable bonds is 2. The van der Waals surface area contributed by atoms with Gasteiger partial charge in [0, 0.05) is 16.9 Å². The van der Waals surface area contributed by atoms with Crippen molar-refractivity contribution in [1.82, 2.24) is 10.2 Å². The lowest BCUT2D eigenvalue weighted by Crippen LogP contribution is -2.29. The van der Waals surface area contributed by atoms with E-state index >= 15 is 0 Å². The Morgan fingerprint density at radius 3 is 2.32 bits per heavy atom. The second-order valence-corrected chi connectivity index (χ2v) is 5.43. The first-order chi connectivity index (χ1) is 10.8. The topological polar surface area (TPSA) is 49.0 Å². The number of H-pyrrole nitrogens is 1. The van der Waals surface area contributed by atoms with Gasteiger partial charge in [0.1, 0.15) is 0 Å². The number of aromatic amines is 1. The Hall–Kier alpha value is -2.88. The minimum Gasteiger partial charge on any atom is -0.295 e. The zero-order valence-corrected chi connectivity index (χ0v) is 12.2. The van der Waals surface area contributed by atoms with Crippen LogP contribution in [0.5, 0.6) is 0 Å². The molecule has 1 aliphatic heterocycles. The molecule has 0 saturated heterocycles. The van der Waals surface area contributed by atoms with Gasteiger partial charge >= 0.3 is 0 Å². The van der Waals surface area contributed by atoms with Crippen molar-refractivity contribution >= 4 is 11.6 Å². The number of fused-ring (bicyclic) bond motifs is 1. The number of anilines is 1. The number of aryl methyl sites for hydroxylation is 1. The standard InChI is InChI=1S/C18H15N3O/c1-12-15-16(20-19-12)18(22)21(14-10-6-3-7-11-14)17(15)13-8-4-2-5-9-13/h2-11,17H,1H3,(H,19,20). The summed E-state index contributed by atoms with van der Waals surface area (Å²) in [7, 11) is 0. The Balaban J connectivity index is 1.93. The fourth-order valence-electron chi connectivity index (χ4n) is 3.10. The highest BCUT2D eigenvalue weighted by atomic mass is 16.2. The molecule has 1 aromatic heterocycles. The highest BCUT2D eigenvalue weighted by molar-refractivity contribution is 6.10. The van der Waals surface area contributed by atoms with Crippen LogP contribution in [0, 0.1) is 6.92 Å². The van der Waals surface area contributed by atoms with Crippen LogP contribution in [-0.2, 0) is 0 Å². The molecule has 4 nitrogen and oxygen atoms in total. The van der Waals surface area contributed by atoms with E-state index in [1.54, 1.807) is 0 Å². The van der Waals surface area contributed by atoms with Gasteiger partial charge in [-0.1, -0.05) is 48.5 Å². The van der Waals surface area contributed by atoms with Gasteiger partial charge in [-0.2, -0.15) is 5.10 Å². The van der Waals surface area contributed by atoms with E-state index < -0.39 is 0 Å². The number of carbonyl (C=O) groups excluding carboxylic acids is 1. The van der Waals surface area contributed by atoms with Gasteiger partial charge in [0.2, 0.25) is 0 Å². The van der Waals surface area contributed by atoms with Crippen LogP contribution >= 0.6 is 0 Å².